The summed E-state index contributed by atoms with van der Waals surface area (Å²) in [6.07, 6.45) is 5.71. The lowest BCUT2D eigenvalue weighted by Crippen LogP contribution is -2.16. The molecule has 2 bridgehead atoms. The van der Waals surface area contributed by atoms with Gasteiger partial charge in [-0.05, 0) is 19.3 Å². The monoisotopic (exact) mass is 194 g/mol. The highest BCUT2D eigenvalue weighted by molar-refractivity contribution is 5.17. The Morgan fingerprint density at radius 3 is 3.07 bits per heavy atom. The first-order valence-corrected chi connectivity index (χ1v) is 5.16. The van der Waals surface area contributed by atoms with Gasteiger partial charge in [0.15, 0.2) is 6.39 Å². The van der Waals surface area contributed by atoms with Crippen molar-refractivity contribution < 1.29 is 9.15 Å². The fraction of sp³-hybridized carbons (Fsp3) is 0.700. The number of nitrogens with two attached hydrogens (primary N) is 1. The minimum Gasteiger partial charge on any atom is -0.448 e. The van der Waals surface area contributed by atoms with Gasteiger partial charge >= 0.3 is 0 Å². The first-order valence-electron chi connectivity index (χ1n) is 5.16. The molecule has 2 aliphatic rings. The van der Waals surface area contributed by atoms with Gasteiger partial charge in [-0.15, -0.1) is 0 Å². The zero-order valence-electron chi connectivity index (χ0n) is 7.98. The van der Waals surface area contributed by atoms with Crippen LogP contribution in [0.2, 0.25) is 0 Å². The molecule has 3 heterocycles. The van der Waals surface area contributed by atoms with E-state index in [4.69, 9.17) is 14.9 Å². The summed E-state index contributed by atoms with van der Waals surface area (Å²) in [5, 5.41) is 0. The highest BCUT2D eigenvalue weighted by Crippen LogP contribution is 2.45. The lowest BCUT2D eigenvalue weighted by Gasteiger charge is -2.16. The Morgan fingerprint density at radius 1 is 1.50 bits per heavy atom. The van der Waals surface area contributed by atoms with Crippen LogP contribution < -0.4 is 5.73 Å². The van der Waals surface area contributed by atoms with E-state index in [1.165, 1.54) is 12.8 Å². The number of nitrogens with zero attached hydrogens (tertiary/aromatic N) is 1. The Kier molecular flexibility index (Phi) is 1.85. The predicted octanol–water partition coefficient (Wildman–Crippen LogP) is 1.17. The summed E-state index contributed by atoms with van der Waals surface area (Å²) in [5.74, 6) is 1.36. The van der Waals surface area contributed by atoms with Crippen LogP contribution in [0.1, 0.15) is 36.6 Å². The lowest BCUT2D eigenvalue weighted by atomic mass is 9.87. The molecule has 2 fully saturated rings. The smallest absolute Gasteiger partial charge is 0.181 e. The fourth-order valence-corrected chi connectivity index (χ4v) is 2.65. The predicted molar refractivity (Wildman–Crippen MR) is 49.6 cm³/mol. The quantitative estimate of drug-likeness (QED) is 0.767. The van der Waals surface area contributed by atoms with E-state index in [2.05, 4.69) is 4.98 Å². The average molecular weight is 194 g/mol. The molecule has 76 valence electrons. The van der Waals surface area contributed by atoms with E-state index in [1.807, 2.05) is 0 Å². The van der Waals surface area contributed by atoms with Crippen LogP contribution in [-0.4, -0.2) is 17.2 Å². The molecule has 1 aromatic heterocycles. The second-order valence-corrected chi connectivity index (χ2v) is 4.08. The van der Waals surface area contributed by atoms with Crippen LogP contribution in [0.5, 0.6) is 0 Å². The van der Waals surface area contributed by atoms with Crippen molar-refractivity contribution in [2.24, 2.45) is 5.73 Å². The maximum atomic E-state index is 5.78. The van der Waals surface area contributed by atoms with Crippen molar-refractivity contribution in [2.45, 2.75) is 43.9 Å². The molecule has 0 radical (unpaired) electrons. The molecule has 4 heteroatoms. The van der Waals surface area contributed by atoms with Crippen molar-refractivity contribution >= 4 is 0 Å². The van der Waals surface area contributed by atoms with Crippen molar-refractivity contribution in [1.29, 1.82) is 0 Å². The summed E-state index contributed by atoms with van der Waals surface area (Å²) in [4.78, 5) is 4.12. The Bertz CT molecular complexity index is 337. The van der Waals surface area contributed by atoms with Crippen molar-refractivity contribution in [3.05, 3.63) is 17.8 Å². The molecule has 3 rings (SSSR count). The summed E-state index contributed by atoms with van der Waals surface area (Å²) in [6.45, 7) is 0.458. The molecule has 0 aliphatic carbocycles. The molecule has 3 atom stereocenters. The van der Waals surface area contributed by atoms with Crippen LogP contribution in [0.15, 0.2) is 10.8 Å². The van der Waals surface area contributed by atoms with Crippen LogP contribution >= 0.6 is 0 Å². The minimum absolute atomic E-state index is 0.346. The molecule has 0 spiro atoms. The largest absolute Gasteiger partial charge is 0.448 e. The molecular weight excluding hydrogens is 180 g/mol. The molecule has 14 heavy (non-hydrogen) atoms. The van der Waals surface area contributed by atoms with Gasteiger partial charge in [-0.2, -0.15) is 0 Å². The average Bonchev–Trinajstić information content (AvgIpc) is 2.92. The molecule has 0 aromatic carbocycles. The lowest BCUT2D eigenvalue weighted by molar-refractivity contribution is 0.0985. The highest BCUT2D eigenvalue weighted by Gasteiger charge is 2.43. The molecule has 2 aliphatic heterocycles. The first-order chi connectivity index (χ1) is 6.88. The Balaban J connectivity index is 1.89. The minimum atomic E-state index is 0.346. The maximum Gasteiger partial charge on any atom is 0.181 e. The molecule has 0 amide bonds. The van der Waals surface area contributed by atoms with E-state index in [1.54, 1.807) is 0 Å². The van der Waals surface area contributed by atoms with Gasteiger partial charge in [-0.25, -0.2) is 4.98 Å². The maximum absolute atomic E-state index is 5.78. The third kappa shape index (κ3) is 1.11. The Hall–Kier alpha value is -0.870. The highest BCUT2D eigenvalue weighted by atomic mass is 16.5. The van der Waals surface area contributed by atoms with E-state index >= 15 is 0 Å². The van der Waals surface area contributed by atoms with Crippen molar-refractivity contribution in [2.75, 3.05) is 0 Å². The van der Waals surface area contributed by atoms with E-state index in [9.17, 15) is 0 Å². The number of oxazole rings is 1. The van der Waals surface area contributed by atoms with Crippen LogP contribution in [0.3, 0.4) is 0 Å². The molecule has 2 saturated heterocycles. The standard InChI is InChI=1S/C10H14N2O2/c11-4-8-10(13-5-12-8)7-3-6-1-2-9(7)14-6/h5-7,9H,1-4,11H2. The third-order valence-corrected chi connectivity index (χ3v) is 3.31. The summed E-state index contributed by atoms with van der Waals surface area (Å²) in [5.41, 5.74) is 6.49. The second-order valence-electron chi connectivity index (χ2n) is 4.08. The van der Waals surface area contributed by atoms with Crippen molar-refractivity contribution in [3.8, 4) is 0 Å². The number of rotatable bonds is 2. The van der Waals surface area contributed by atoms with E-state index in [0.29, 0.717) is 24.7 Å². The van der Waals surface area contributed by atoms with Gasteiger partial charge in [0, 0.05) is 12.5 Å². The van der Waals surface area contributed by atoms with Crippen LogP contribution in [-0.2, 0) is 11.3 Å². The number of aromatic nitrogens is 1. The van der Waals surface area contributed by atoms with E-state index in [-0.39, 0.29) is 0 Å². The zero-order chi connectivity index (χ0) is 9.54. The fourth-order valence-electron chi connectivity index (χ4n) is 2.65. The van der Waals surface area contributed by atoms with Gasteiger partial charge in [-0.1, -0.05) is 0 Å². The van der Waals surface area contributed by atoms with Crippen molar-refractivity contribution in [1.82, 2.24) is 4.98 Å². The molecule has 3 unspecified atom stereocenters. The van der Waals surface area contributed by atoms with Crippen LogP contribution in [0.25, 0.3) is 0 Å². The normalized spacial score (nSPS) is 35.4. The van der Waals surface area contributed by atoms with E-state index in [0.717, 1.165) is 24.3 Å². The third-order valence-electron chi connectivity index (χ3n) is 3.31. The van der Waals surface area contributed by atoms with Gasteiger partial charge in [0.05, 0.1) is 17.9 Å². The zero-order valence-corrected chi connectivity index (χ0v) is 7.98. The number of ether oxygens (including phenoxy) is 1. The van der Waals surface area contributed by atoms with Gasteiger partial charge in [0.2, 0.25) is 0 Å². The van der Waals surface area contributed by atoms with Gasteiger partial charge < -0.3 is 14.9 Å². The summed E-state index contributed by atoms with van der Waals surface area (Å²) < 4.78 is 11.2. The van der Waals surface area contributed by atoms with Gasteiger partial charge in [-0.3, -0.25) is 0 Å². The number of hydrogen-bond acceptors (Lipinski definition) is 4. The summed E-state index contributed by atoms with van der Waals surface area (Å²) in [6, 6.07) is 0. The second kappa shape index (κ2) is 3.07. The van der Waals surface area contributed by atoms with Gasteiger partial charge in [0.1, 0.15) is 5.76 Å². The molecule has 2 N–H and O–H groups in total. The Morgan fingerprint density at radius 2 is 2.43 bits per heavy atom. The summed E-state index contributed by atoms with van der Waals surface area (Å²) >= 11 is 0. The SMILES string of the molecule is NCc1ncoc1C1CC2CCC1O2. The van der Waals surface area contributed by atoms with Crippen molar-refractivity contribution in [3.63, 3.8) is 0 Å². The number of hydrogen-bond donors (Lipinski definition) is 1. The molecule has 0 saturated carbocycles. The Labute approximate surface area is 82.4 Å². The van der Waals surface area contributed by atoms with E-state index < -0.39 is 0 Å². The first kappa shape index (κ1) is 8.44. The molecular formula is C10H14N2O2. The summed E-state index contributed by atoms with van der Waals surface area (Å²) in [7, 11) is 0. The van der Waals surface area contributed by atoms with Gasteiger partial charge in [0.25, 0.3) is 0 Å². The number of fused-ring (bicyclic) bond motifs is 2. The molecule has 4 nitrogen and oxygen atoms in total. The van der Waals surface area contributed by atoms with Crippen LogP contribution in [0.4, 0.5) is 0 Å². The topological polar surface area (TPSA) is 61.3 Å². The molecule has 1 aromatic rings. The van der Waals surface area contributed by atoms with Crippen LogP contribution in [0, 0.1) is 0 Å².